The number of rotatable bonds is 4. The van der Waals surface area contributed by atoms with Crippen LogP contribution in [0.1, 0.15) is 31.3 Å². The summed E-state index contributed by atoms with van der Waals surface area (Å²) < 4.78 is 0. The number of hydrogen-bond donors (Lipinski definition) is 1. The zero-order valence-corrected chi connectivity index (χ0v) is 12.5. The molecule has 2 rings (SSSR count). The highest BCUT2D eigenvalue weighted by Gasteiger charge is 2.17. The highest BCUT2D eigenvalue weighted by molar-refractivity contribution is 6.00. The number of pyridine rings is 1. The Hall–Kier alpha value is -2.10. The summed E-state index contributed by atoms with van der Waals surface area (Å²) >= 11 is 0. The maximum absolute atomic E-state index is 12.4. The number of anilines is 1. The van der Waals surface area contributed by atoms with Gasteiger partial charge in [0.25, 0.3) is 5.91 Å². The first kappa shape index (κ1) is 14.3. The van der Waals surface area contributed by atoms with Gasteiger partial charge in [0, 0.05) is 25.0 Å². The lowest BCUT2D eigenvalue weighted by atomic mass is 10.1. The molecule has 106 valence electrons. The van der Waals surface area contributed by atoms with E-state index in [2.05, 4.69) is 10.3 Å². The molecule has 20 heavy (non-hydrogen) atoms. The minimum absolute atomic E-state index is 0.0510. The molecule has 1 aromatic heterocycles. The van der Waals surface area contributed by atoms with Gasteiger partial charge in [0.05, 0.1) is 0 Å². The van der Waals surface area contributed by atoms with E-state index in [9.17, 15) is 4.79 Å². The first-order chi connectivity index (χ1) is 9.54. The molecule has 0 bridgehead atoms. The number of nitrogens with zero attached hydrogens (tertiary/aromatic N) is 2. The molecule has 4 nitrogen and oxygen atoms in total. The zero-order chi connectivity index (χ0) is 14.7. The highest BCUT2D eigenvalue weighted by atomic mass is 16.2. The van der Waals surface area contributed by atoms with Gasteiger partial charge in [-0.1, -0.05) is 24.3 Å². The van der Waals surface area contributed by atoms with Gasteiger partial charge in [0.2, 0.25) is 0 Å². The Morgan fingerprint density at radius 2 is 2.05 bits per heavy atom. The summed E-state index contributed by atoms with van der Waals surface area (Å²) in [4.78, 5) is 18.6. The standard InChI is InChI=1S/C16H21N3O/c1-5-17-15-13-9-7-6-8-12(13)10-14(18-15)16(20)19(4)11(2)3/h6-11H,5H2,1-4H3,(H,17,18). The first-order valence-corrected chi connectivity index (χ1v) is 6.95. The lowest BCUT2D eigenvalue weighted by molar-refractivity contribution is 0.0749. The maximum atomic E-state index is 12.4. The van der Waals surface area contributed by atoms with Crippen molar-refractivity contribution >= 4 is 22.5 Å². The molecular formula is C16H21N3O. The summed E-state index contributed by atoms with van der Waals surface area (Å²) in [5.41, 5.74) is 0.482. The fourth-order valence-electron chi connectivity index (χ4n) is 2.03. The molecule has 0 fully saturated rings. The quantitative estimate of drug-likeness (QED) is 0.929. The summed E-state index contributed by atoms with van der Waals surface area (Å²) in [6.07, 6.45) is 0. The highest BCUT2D eigenvalue weighted by Crippen LogP contribution is 2.23. The Morgan fingerprint density at radius 3 is 2.70 bits per heavy atom. The summed E-state index contributed by atoms with van der Waals surface area (Å²) in [6.45, 7) is 6.77. The average molecular weight is 271 g/mol. The lowest BCUT2D eigenvalue weighted by Gasteiger charge is -2.21. The number of fused-ring (bicyclic) bond motifs is 1. The molecule has 1 amide bonds. The molecule has 1 aromatic carbocycles. The molecule has 0 radical (unpaired) electrons. The number of aromatic nitrogens is 1. The summed E-state index contributed by atoms with van der Waals surface area (Å²) in [5.74, 6) is 0.719. The van der Waals surface area contributed by atoms with E-state index in [-0.39, 0.29) is 11.9 Å². The van der Waals surface area contributed by atoms with Crippen LogP contribution in [0.2, 0.25) is 0 Å². The van der Waals surface area contributed by atoms with Crippen molar-refractivity contribution < 1.29 is 4.79 Å². The molecule has 4 heteroatoms. The molecule has 0 saturated carbocycles. The zero-order valence-electron chi connectivity index (χ0n) is 12.5. The fraction of sp³-hybridized carbons (Fsp3) is 0.375. The van der Waals surface area contributed by atoms with Crippen LogP contribution in [-0.4, -0.2) is 35.4 Å². The Bertz CT molecular complexity index is 622. The second-order valence-electron chi connectivity index (χ2n) is 5.12. The third-order valence-electron chi connectivity index (χ3n) is 3.40. The molecule has 1 N–H and O–H groups in total. The van der Waals surface area contributed by atoms with Gasteiger partial charge >= 0.3 is 0 Å². The van der Waals surface area contributed by atoms with Gasteiger partial charge in [0.1, 0.15) is 11.5 Å². The van der Waals surface area contributed by atoms with Crippen LogP contribution in [0.25, 0.3) is 10.8 Å². The van der Waals surface area contributed by atoms with Gasteiger partial charge < -0.3 is 10.2 Å². The Labute approximate surface area is 119 Å². The lowest BCUT2D eigenvalue weighted by Crippen LogP contribution is -2.33. The van der Waals surface area contributed by atoms with Crippen LogP contribution in [0.3, 0.4) is 0 Å². The summed E-state index contributed by atoms with van der Waals surface area (Å²) in [5, 5.41) is 5.30. The topological polar surface area (TPSA) is 45.2 Å². The molecular weight excluding hydrogens is 250 g/mol. The van der Waals surface area contributed by atoms with Crippen LogP contribution >= 0.6 is 0 Å². The van der Waals surface area contributed by atoms with Gasteiger partial charge in [0.15, 0.2) is 0 Å². The van der Waals surface area contributed by atoms with Crippen molar-refractivity contribution in [2.75, 3.05) is 18.9 Å². The molecule has 1 heterocycles. The third kappa shape index (κ3) is 2.74. The molecule has 0 aliphatic carbocycles. The van der Waals surface area contributed by atoms with E-state index in [0.29, 0.717) is 5.69 Å². The molecule has 2 aromatic rings. The van der Waals surface area contributed by atoms with Crippen LogP contribution in [0.15, 0.2) is 30.3 Å². The van der Waals surface area contributed by atoms with E-state index >= 15 is 0 Å². The van der Waals surface area contributed by atoms with Crippen molar-refractivity contribution in [2.45, 2.75) is 26.8 Å². The normalized spacial score (nSPS) is 10.8. The Kier molecular flexibility index (Phi) is 4.23. The van der Waals surface area contributed by atoms with Gasteiger partial charge in [-0.15, -0.1) is 0 Å². The number of amides is 1. The van der Waals surface area contributed by atoms with Crippen molar-refractivity contribution in [1.82, 2.24) is 9.88 Å². The number of hydrogen-bond acceptors (Lipinski definition) is 3. The monoisotopic (exact) mass is 271 g/mol. The van der Waals surface area contributed by atoms with Crippen LogP contribution in [-0.2, 0) is 0 Å². The van der Waals surface area contributed by atoms with Crippen LogP contribution in [0.4, 0.5) is 5.82 Å². The Balaban J connectivity index is 2.52. The van der Waals surface area contributed by atoms with E-state index in [1.807, 2.05) is 51.1 Å². The van der Waals surface area contributed by atoms with E-state index in [4.69, 9.17) is 0 Å². The van der Waals surface area contributed by atoms with Crippen LogP contribution < -0.4 is 5.32 Å². The van der Waals surface area contributed by atoms with E-state index in [1.165, 1.54) is 0 Å². The smallest absolute Gasteiger partial charge is 0.272 e. The number of benzene rings is 1. The number of nitrogens with one attached hydrogen (secondary N) is 1. The minimum Gasteiger partial charge on any atom is -0.370 e. The first-order valence-electron chi connectivity index (χ1n) is 6.95. The third-order valence-corrected chi connectivity index (χ3v) is 3.40. The molecule has 0 aliphatic heterocycles. The second-order valence-corrected chi connectivity index (χ2v) is 5.12. The molecule has 0 atom stereocenters. The predicted molar refractivity (Wildman–Crippen MR) is 83.1 cm³/mol. The van der Waals surface area contributed by atoms with Crippen molar-refractivity contribution in [3.8, 4) is 0 Å². The summed E-state index contributed by atoms with van der Waals surface area (Å²) in [6, 6.07) is 9.98. The van der Waals surface area contributed by atoms with Gasteiger partial charge in [-0.05, 0) is 32.2 Å². The average Bonchev–Trinajstić information content (AvgIpc) is 2.45. The number of carbonyl (C=O) groups is 1. The molecule has 0 saturated heterocycles. The molecule has 0 aliphatic rings. The van der Waals surface area contributed by atoms with Crippen molar-refractivity contribution in [3.05, 3.63) is 36.0 Å². The van der Waals surface area contributed by atoms with Gasteiger partial charge in [-0.25, -0.2) is 4.98 Å². The maximum Gasteiger partial charge on any atom is 0.272 e. The summed E-state index contributed by atoms with van der Waals surface area (Å²) in [7, 11) is 1.80. The van der Waals surface area contributed by atoms with Crippen molar-refractivity contribution in [2.24, 2.45) is 0 Å². The Morgan fingerprint density at radius 1 is 1.35 bits per heavy atom. The SMILES string of the molecule is CCNc1nc(C(=O)N(C)C(C)C)cc2ccccc12. The minimum atomic E-state index is -0.0510. The number of carbonyl (C=O) groups excluding carboxylic acids is 1. The van der Waals surface area contributed by atoms with E-state index in [1.54, 1.807) is 11.9 Å². The van der Waals surface area contributed by atoms with E-state index in [0.717, 1.165) is 23.1 Å². The fourth-order valence-corrected chi connectivity index (χ4v) is 2.03. The van der Waals surface area contributed by atoms with Gasteiger partial charge in [-0.3, -0.25) is 4.79 Å². The van der Waals surface area contributed by atoms with E-state index < -0.39 is 0 Å². The largest absolute Gasteiger partial charge is 0.370 e. The predicted octanol–water partition coefficient (Wildman–Crippen LogP) is 3.15. The van der Waals surface area contributed by atoms with Crippen molar-refractivity contribution in [3.63, 3.8) is 0 Å². The van der Waals surface area contributed by atoms with Gasteiger partial charge in [-0.2, -0.15) is 0 Å². The van der Waals surface area contributed by atoms with Crippen molar-refractivity contribution in [1.29, 1.82) is 0 Å². The second kappa shape index (κ2) is 5.90. The van der Waals surface area contributed by atoms with Crippen LogP contribution in [0.5, 0.6) is 0 Å². The molecule has 0 unspecified atom stereocenters. The molecule has 0 spiro atoms. The van der Waals surface area contributed by atoms with Crippen LogP contribution in [0, 0.1) is 0 Å².